The van der Waals surface area contributed by atoms with Crippen LogP contribution in [-0.4, -0.2) is 14.3 Å². The van der Waals surface area contributed by atoms with Crippen LogP contribution in [0.15, 0.2) is 108 Å². The first-order chi connectivity index (χ1) is 17.3. The summed E-state index contributed by atoms with van der Waals surface area (Å²) < 4.78 is 33.5. The number of ether oxygens (including phenoxy) is 1. The van der Waals surface area contributed by atoms with E-state index in [0.29, 0.717) is 27.6 Å². The van der Waals surface area contributed by atoms with Gasteiger partial charge in [0.1, 0.15) is 16.4 Å². The van der Waals surface area contributed by atoms with Crippen molar-refractivity contribution < 1.29 is 17.9 Å². The van der Waals surface area contributed by atoms with Crippen molar-refractivity contribution in [3.05, 3.63) is 129 Å². The standard InChI is InChI=1S/C28H19Cl2NO4S/c29-21-14-15-24(30)25(18-21)31-27(32)26(36(33,34)28(31)20-9-3-1-4-10-20)17-19-8-7-13-23(16-19)35-22-11-5-2-6-12-22/h1-18,28H/b26-17-. The number of hydrogen-bond donors (Lipinski definition) is 0. The van der Waals surface area contributed by atoms with Crippen LogP contribution in [0.25, 0.3) is 6.08 Å². The summed E-state index contributed by atoms with van der Waals surface area (Å²) in [4.78, 5) is 14.5. The van der Waals surface area contributed by atoms with Gasteiger partial charge in [-0.05, 0) is 59.7 Å². The van der Waals surface area contributed by atoms with Crippen molar-refractivity contribution in [1.29, 1.82) is 0 Å². The molecule has 1 atom stereocenters. The van der Waals surface area contributed by atoms with Crippen molar-refractivity contribution >= 4 is 50.7 Å². The molecule has 0 spiro atoms. The van der Waals surface area contributed by atoms with Crippen molar-refractivity contribution in [2.75, 3.05) is 4.90 Å². The number of sulfone groups is 1. The molecule has 0 aromatic heterocycles. The fourth-order valence-electron chi connectivity index (χ4n) is 4.05. The van der Waals surface area contributed by atoms with Crippen molar-refractivity contribution in [2.24, 2.45) is 0 Å². The summed E-state index contributed by atoms with van der Waals surface area (Å²) in [5.74, 6) is 0.452. The highest BCUT2D eigenvalue weighted by Crippen LogP contribution is 2.46. The van der Waals surface area contributed by atoms with Gasteiger partial charge in [0.05, 0.1) is 10.7 Å². The molecule has 1 heterocycles. The molecule has 0 bridgehead atoms. The summed E-state index contributed by atoms with van der Waals surface area (Å²) in [7, 11) is -4.13. The fourth-order valence-corrected chi connectivity index (χ4v) is 6.31. The zero-order chi connectivity index (χ0) is 25.3. The van der Waals surface area contributed by atoms with Crippen LogP contribution in [0.1, 0.15) is 16.5 Å². The Morgan fingerprint density at radius 2 is 1.44 bits per heavy atom. The summed E-state index contributed by atoms with van der Waals surface area (Å²) in [6.07, 6.45) is 1.36. The lowest BCUT2D eigenvalue weighted by Crippen LogP contribution is -2.29. The van der Waals surface area contributed by atoms with Crippen LogP contribution in [0, 0.1) is 0 Å². The molecule has 1 aliphatic heterocycles. The van der Waals surface area contributed by atoms with Crippen molar-refractivity contribution in [2.45, 2.75) is 5.37 Å². The second-order valence-corrected chi connectivity index (χ2v) is 10.9. The smallest absolute Gasteiger partial charge is 0.271 e. The molecule has 5 nitrogen and oxygen atoms in total. The molecule has 1 aliphatic rings. The van der Waals surface area contributed by atoms with E-state index < -0.39 is 21.1 Å². The van der Waals surface area contributed by atoms with Crippen LogP contribution in [0.3, 0.4) is 0 Å². The summed E-state index contributed by atoms with van der Waals surface area (Å²) in [5.41, 5.74) is 1.16. The number of benzene rings is 4. The van der Waals surface area contributed by atoms with E-state index in [-0.39, 0.29) is 15.6 Å². The summed E-state index contributed by atoms with van der Waals surface area (Å²) >= 11 is 12.6. The maximum Gasteiger partial charge on any atom is 0.271 e. The van der Waals surface area contributed by atoms with Gasteiger partial charge in [0, 0.05) is 5.02 Å². The predicted octanol–water partition coefficient (Wildman–Crippen LogP) is 7.29. The first-order valence-electron chi connectivity index (χ1n) is 11.0. The number of halogens is 2. The zero-order valence-electron chi connectivity index (χ0n) is 18.7. The van der Waals surface area contributed by atoms with Gasteiger partial charge in [-0.3, -0.25) is 9.69 Å². The Morgan fingerprint density at radius 3 is 2.17 bits per heavy atom. The maximum atomic E-state index is 13.8. The van der Waals surface area contributed by atoms with Crippen molar-refractivity contribution in [3.8, 4) is 11.5 Å². The number of nitrogens with zero attached hydrogens (tertiary/aromatic N) is 1. The van der Waals surface area contributed by atoms with Gasteiger partial charge in [-0.15, -0.1) is 0 Å². The fraction of sp³-hybridized carbons (Fsp3) is 0.0357. The molecule has 4 aromatic carbocycles. The van der Waals surface area contributed by atoms with Gasteiger partial charge in [-0.2, -0.15) is 0 Å². The van der Waals surface area contributed by atoms with Gasteiger partial charge in [0.2, 0.25) is 9.84 Å². The SMILES string of the molecule is O=C1/C(=C/c2cccc(Oc3ccccc3)c2)S(=O)(=O)C(c2ccccc2)N1c1cc(Cl)ccc1Cl. The first kappa shape index (κ1) is 24.1. The summed E-state index contributed by atoms with van der Waals surface area (Å²) in [6.45, 7) is 0. The Hall–Kier alpha value is -3.58. The third-order valence-corrected chi connectivity index (χ3v) is 8.18. The molecule has 0 N–H and O–H groups in total. The van der Waals surface area contributed by atoms with Crippen LogP contribution < -0.4 is 9.64 Å². The zero-order valence-corrected chi connectivity index (χ0v) is 21.0. The minimum Gasteiger partial charge on any atom is -0.457 e. The Bertz CT molecular complexity index is 1570. The average Bonchev–Trinajstić information content (AvgIpc) is 3.07. The molecule has 0 aliphatic carbocycles. The van der Waals surface area contributed by atoms with E-state index >= 15 is 0 Å². The van der Waals surface area contributed by atoms with E-state index in [1.807, 2.05) is 30.3 Å². The van der Waals surface area contributed by atoms with Gasteiger partial charge in [-0.1, -0.05) is 83.9 Å². The minimum absolute atomic E-state index is 0.211. The van der Waals surface area contributed by atoms with Gasteiger partial charge < -0.3 is 4.74 Å². The molecule has 5 rings (SSSR count). The van der Waals surface area contributed by atoms with Crippen LogP contribution in [0.4, 0.5) is 5.69 Å². The van der Waals surface area contributed by atoms with Gasteiger partial charge in [0.25, 0.3) is 5.91 Å². The van der Waals surface area contributed by atoms with Crippen LogP contribution in [-0.2, 0) is 14.6 Å². The topological polar surface area (TPSA) is 63.7 Å². The number of amides is 1. The molecule has 1 unspecified atom stereocenters. The second-order valence-electron chi connectivity index (χ2n) is 8.08. The molecule has 0 radical (unpaired) electrons. The molecule has 1 saturated heterocycles. The highest BCUT2D eigenvalue weighted by atomic mass is 35.5. The van der Waals surface area contributed by atoms with E-state index in [4.69, 9.17) is 27.9 Å². The molecule has 180 valence electrons. The molecule has 36 heavy (non-hydrogen) atoms. The average molecular weight is 536 g/mol. The number of carbonyl (C=O) groups excluding carboxylic acids is 1. The normalized spacial score (nSPS) is 17.9. The molecule has 1 fully saturated rings. The molecule has 1 amide bonds. The van der Waals surface area contributed by atoms with E-state index in [1.54, 1.807) is 60.7 Å². The highest BCUT2D eigenvalue weighted by Gasteiger charge is 2.50. The molecular formula is C28H19Cl2NO4S. The quantitative estimate of drug-likeness (QED) is 0.252. The molecule has 4 aromatic rings. The molecule has 8 heteroatoms. The molecule has 0 saturated carbocycles. The Morgan fingerprint density at radius 1 is 0.778 bits per heavy atom. The van der Waals surface area contributed by atoms with E-state index in [1.165, 1.54) is 23.1 Å². The molecular weight excluding hydrogens is 517 g/mol. The second kappa shape index (κ2) is 9.82. The van der Waals surface area contributed by atoms with Crippen molar-refractivity contribution in [1.82, 2.24) is 0 Å². The third kappa shape index (κ3) is 4.63. The van der Waals surface area contributed by atoms with E-state index in [9.17, 15) is 13.2 Å². The summed E-state index contributed by atoms with van der Waals surface area (Å²) in [6, 6.07) is 29.2. The lowest BCUT2D eigenvalue weighted by Gasteiger charge is -2.24. The monoisotopic (exact) mass is 535 g/mol. The lowest BCUT2D eigenvalue weighted by atomic mass is 10.1. The van der Waals surface area contributed by atoms with Crippen molar-refractivity contribution in [3.63, 3.8) is 0 Å². The number of hydrogen-bond acceptors (Lipinski definition) is 4. The number of carbonyl (C=O) groups is 1. The van der Waals surface area contributed by atoms with E-state index in [2.05, 4.69) is 0 Å². The number of para-hydroxylation sites is 1. The van der Waals surface area contributed by atoms with E-state index in [0.717, 1.165) is 0 Å². The Labute approximate surface area is 219 Å². The van der Waals surface area contributed by atoms with Crippen LogP contribution in [0.5, 0.6) is 11.5 Å². The Balaban J connectivity index is 1.61. The maximum absolute atomic E-state index is 13.8. The lowest BCUT2D eigenvalue weighted by molar-refractivity contribution is -0.114. The third-order valence-electron chi connectivity index (χ3n) is 5.65. The number of rotatable bonds is 5. The van der Waals surface area contributed by atoms with Gasteiger partial charge in [0.15, 0.2) is 5.37 Å². The predicted molar refractivity (Wildman–Crippen MR) is 143 cm³/mol. The first-order valence-corrected chi connectivity index (χ1v) is 13.3. The Kier molecular flexibility index (Phi) is 6.58. The minimum atomic E-state index is -4.13. The largest absolute Gasteiger partial charge is 0.457 e. The summed E-state index contributed by atoms with van der Waals surface area (Å²) in [5, 5.41) is -0.754. The van der Waals surface area contributed by atoms with Crippen LogP contribution in [0.2, 0.25) is 10.0 Å². The van der Waals surface area contributed by atoms with Gasteiger partial charge >= 0.3 is 0 Å². The van der Waals surface area contributed by atoms with Gasteiger partial charge in [-0.25, -0.2) is 8.42 Å². The number of anilines is 1. The highest BCUT2D eigenvalue weighted by molar-refractivity contribution is 7.97. The van der Waals surface area contributed by atoms with Crippen LogP contribution >= 0.6 is 23.2 Å².